The molecular weight excluding hydrogens is 260 g/mol. The number of aryl methyl sites for hydroxylation is 2. The smallest absolute Gasteiger partial charge is 0.243 e. The minimum absolute atomic E-state index is 0.252. The van der Waals surface area contributed by atoms with E-state index in [0.29, 0.717) is 17.4 Å². The zero-order valence-corrected chi connectivity index (χ0v) is 12.6. The van der Waals surface area contributed by atoms with Crippen LogP contribution in [0.4, 0.5) is 0 Å². The first-order valence-corrected chi connectivity index (χ1v) is 8.04. The van der Waals surface area contributed by atoms with Crippen molar-refractivity contribution in [3.63, 3.8) is 0 Å². The molecule has 0 saturated heterocycles. The number of hydrogen-bond donors (Lipinski definition) is 1. The Morgan fingerprint density at radius 2 is 1.95 bits per heavy atom. The molecule has 19 heavy (non-hydrogen) atoms. The Hall–Kier alpha value is -0.910. The quantitative estimate of drug-likeness (QED) is 0.913. The minimum Gasteiger partial charge on any atom is -0.328 e. The van der Waals surface area contributed by atoms with E-state index in [4.69, 9.17) is 5.73 Å². The lowest BCUT2D eigenvalue weighted by Gasteiger charge is -2.35. The van der Waals surface area contributed by atoms with Crippen molar-refractivity contribution in [1.29, 1.82) is 0 Å². The van der Waals surface area contributed by atoms with Gasteiger partial charge in [-0.2, -0.15) is 0 Å². The van der Waals surface area contributed by atoms with Gasteiger partial charge in [-0.15, -0.1) is 0 Å². The Bertz CT molecular complexity index is 563. The van der Waals surface area contributed by atoms with Crippen LogP contribution in [0.25, 0.3) is 0 Å². The predicted molar refractivity (Wildman–Crippen MR) is 76.4 cm³/mol. The minimum atomic E-state index is -3.39. The summed E-state index contributed by atoms with van der Waals surface area (Å²) in [5.74, 6) is 0.403. The number of benzene rings is 1. The van der Waals surface area contributed by atoms with Gasteiger partial charge in [0.15, 0.2) is 0 Å². The number of hydrogen-bond acceptors (Lipinski definition) is 3. The molecule has 1 fully saturated rings. The lowest BCUT2D eigenvalue weighted by molar-refractivity contribution is 0.227. The van der Waals surface area contributed by atoms with Crippen molar-refractivity contribution in [2.75, 3.05) is 13.6 Å². The maximum atomic E-state index is 12.6. The highest BCUT2D eigenvalue weighted by atomic mass is 32.2. The zero-order chi connectivity index (χ0) is 14.2. The highest BCUT2D eigenvalue weighted by Crippen LogP contribution is 2.28. The van der Waals surface area contributed by atoms with E-state index < -0.39 is 10.0 Å². The molecule has 0 spiro atoms. The van der Waals surface area contributed by atoms with E-state index >= 15 is 0 Å². The number of rotatable bonds is 4. The van der Waals surface area contributed by atoms with Gasteiger partial charge in [0.1, 0.15) is 0 Å². The summed E-state index contributed by atoms with van der Waals surface area (Å²) in [5.41, 5.74) is 7.50. The van der Waals surface area contributed by atoms with Crippen LogP contribution in [0.1, 0.15) is 24.0 Å². The number of nitrogens with two attached hydrogens (primary N) is 1. The second-order valence-corrected chi connectivity index (χ2v) is 7.67. The first-order chi connectivity index (χ1) is 8.80. The molecule has 2 rings (SSSR count). The summed E-state index contributed by atoms with van der Waals surface area (Å²) < 4.78 is 26.6. The molecule has 0 bridgehead atoms. The van der Waals surface area contributed by atoms with E-state index in [2.05, 4.69) is 0 Å². The van der Waals surface area contributed by atoms with E-state index in [0.717, 1.165) is 24.0 Å². The maximum Gasteiger partial charge on any atom is 0.243 e. The highest BCUT2D eigenvalue weighted by molar-refractivity contribution is 7.89. The molecule has 0 amide bonds. The number of nitrogens with zero attached hydrogens (tertiary/aromatic N) is 1. The summed E-state index contributed by atoms with van der Waals surface area (Å²) in [6.07, 6.45) is 1.85. The fraction of sp³-hybridized carbons (Fsp3) is 0.571. The van der Waals surface area contributed by atoms with Crippen molar-refractivity contribution in [2.24, 2.45) is 11.7 Å². The van der Waals surface area contributed by atoms with Crippen LogP contribution in [0.3, 0.4) is 0 Å². The first-order valence-electron chi connectivity index (χ1n) is 6.60. The van der Waals surface area contributed by atoms with Crippen LogP contribution in [0, 0.1) is 19.8 Å². The van der Waals surface area contributed by atoms with E-state index in [1.54, 1.807) is 13.1 Å². The molecule has 1 aliphatic carbocycles. The largest absolute Gasteiger partial charge is 0.328 e. The lowest BCUT2D eigenvalue weighted by Crippen LogP contribution is -2.43. The SMILES string of the molecule is Cc1ccc(C)c(S(=O)(=O)N(C)CC2CC(N)C2)c1. The molecule has 0 aliphatic heterocycles. The van der Waals surface area contributed by atoms with Crippen LogP contribution in [-0.4, -0.2) is 32.4 Å². The summed E-state index contributed by atoms with van der Waals surface area (Å²) in [6.45, 7) is 4.30. The normalized spacial score (nSPS) is 23.4. The van der Waals surface area contributed by atoms with Crippen LogP contribution < -0.4 is 5.73 Å². The van der Waals surface area contributed by atoms with E-state index in [9.17, 15) is 8.42 Å². The number of sulfonamides is 1. The third-order valence-electron chi connectivity index (χ3n) is 3.82. The molecule has 0 radical (unpaired) electrons. The standard InChI is InChI=1S/C14H22N2O2S/c1-10-4-5-11(2)14(6-10)19(17,18)16(3)9-12-7-13(15)8-12/h4-6,12-13H,7-9,15H2,1-3H3. The van der Waals surface area contributed by atoms with Gasteiger partial charge in [-0.05, 0) is 49.8 Å². The Morgan fingerprint density at radius 3 is 2.53 bits per heavy atom. The van der Waals surface area contributed by atoms with Crippen molar-refractivity contribution in [2.45, 2.75) is 37.6 Å². The van der Waals surface area contributed by atoms with Gasteiger partial charge in [0, 0.05) is 19.6 Å². The summed E-state index contributed by atoms with van der Waals surface area (Å²) >= 11 is 0. The molecule has 0 heterocycles. The van der Waals surface area contributed by atoms with Gasteiger partial charge in [0.2, 0.25) is 10.0 Å². The van der Waals surface area contributed by atoms with Crippen LogP contribution in [0.2, 0.25) is 0 Å². The maximum absolute atomic E-state index is 12.6. The van der Waals surface area contributed by atoms with Gasteiger partial charge >= 0.3 is 0 Å². The third kappa shape index (κ3) is 2.99. The Labute approximate surface area is 115 Å². The Kier molecular flexibility index (Phi) is 3.99. The van der Waals surface area contributed by atoms with E-state index in [1.807, 2.05) is 26.0 Å². The van der Waals surface area contributed by atoms with Crippen molar-refractivity contribution >= 4 is 10.0 Å². The average molecular weight is 282 g/mol. The molecule has 0 unspecified atom stereocenters. The fourth-order valence-corrected chi connectivity index (χ4v) is 4.10. The van der Waals surface area contributed by atoms with Crippen LogP contribution in [0.5, 0.6) is 0 Å². The van der Waals surface area contributed by atoms with Crippen molar-refractivity contribution < 1.29 is 8.42 Å². The lowest BCUT2D eigenvalue weighted by atomic mass is 9.81. The highest BCUT2D eigenvalue weighted by Gasteiger charge is 2.31. The molecule has 2 N–H and O–H groups in total. The zero-order valence-electron chi connectivity index (χ0n) is 11.8. The molecule has 1 aromatic rings. The molecule has 0 aromatic heterocycles. The third-order valence-corrected chi connectivity index (χ3v) is 5.78. The van der Waals surface area contributed by atoms with Gasteiger partial charge in [0.05, 0.1) is 4.90 Å². The summed E-state index contributed by atoms with van der Waals surface area (Å²) in [4.78, 5) is 0.415. The van der Waals surface area contributed by atoms with Crippen LogP contribution in [0.15, 0.2) is 23.1 Å². The molecule has 1 aromatic carbocycles. The van der Waals surface area contributed by atoms with Gasteiger partial charge in [0.25, 0.3) is 0 Å². The summed E-state index contributed by atoms with van der Waals surface area (Å²) in [7, 11) is -1.73. The molecular formula is C14H22N2O2S. The monoisotopic (exact) mass is 282 g/mol. The average Bonchev–Trinajstić information content (AvgIpc) is 2.30. The Morgan fingerprint density at radius 1 is 1.32 bits per heavy atom. The second-order valence-electron chi connectivity index (χ2n) is 5.65. The van der Waals surface area contributed by atoms with Crippen molar-refractivity contribution in [3.8, 4) is 0 Å². The van der Waals surface area contributed by atoms with Gasteiger partial charge in [-0.25, -0.2) is 12.7 Å². The van der Waals surface area contributed by atoms with Gasteiger partial charge < -0.3 is 5.73 Å². The summed E-state index contributed by atoms with van der Waals surface area (Å²) in [6, 6.07) is 5.78. The molecule has 5 heteroatoms. The van der Waals surface area contributed by atoms with Crippen LogP contribution in [-0.2, 0) is 10.0 Å². The van der Waals surface area contributed by atoms with E-state index in [1.165, 1.54) is 4.31 Å². The van der Waals surface area contributed by atoms with E-state index in [-0.39, 0.29) is 6.04 Å². The second kappa shape index (κ2) is 5.23. The fourth-order valence-electron chi connectivity index (χ4n) is 2.55. The van der Waals surface area contributed by atoms with Gasteiger partial charge in [-0.3, -0.25) is 0 Å². The summed E-state index contributed by atoms with van der Waals surface area (Å²) in [5, 5.41) is 0. The topological polar surface area (TPSA) is 63.4 Å². The van der Waals surface area contributed by atoms with Crippen molar-refractivity contribution in [3.05, 3.63) is 29.3 Å². The van der Waals surface area contributed by atoms with Crippen LogP contribution >= 0.6 is 0 Å². The molecule has 1 aliphatic rings. The van der Waals surface area contributed by atoms with Gasteiger partial charge in [-0.1, -0.05) is 12.1 Å². The predicted octanol–water partition coefficient (Wildman–Crippen LogP) is 1.66. The first kappa shape index (κ1) is 14.5. The molecule has 4 nitrogen and oxygen atoms in total. The Balaban J connectivity index is 2.19. The molecule has 0 atom stereocenters. The van der Waals surface area contributed by atoms with Crippen molar-refractivity contribution in [1.82, 2.24) is 4.31 Å². The molecule has 106 valence electrons. The molecule has 1 saturated carbocycles.